The number of ketones is 1. The van der Waals surface area contributed by atoms with Gasteiger partial charge in [0.1, 0.15) is 23.0 Å². The number of benzene rings is 2. The third-order valence-electron chi connectivity index (χ3n) is 5.56. The second-order valence-electron chi connectivity index (χ2n) is 7.98. The van der Waals surface area contributed by atoms with Crippen molar-refractivity contribution in [1.29, 1.82) is 0 Å². The summed E-state index contributed by atoms with van der Waals surface area (Å²) in [5.74, 6) is -2.12. The summed E-state index contributed by atoms with van der Waals surface area (Å²) in [5.41, 5.74) is 1.22. The molecule has 0 radical (unpaired) electrons. The van der Waals surface area contributed by atoms with E-state index in [1.165, 1.54) is 11.0 Å². The molecule has 1 aliphatic rings. The number of nitrogens with zero attached hydrogens (tertiary/aromatic N) is 2. The fraction of sp³-hybridized carbons (Fsp3) is 0.185. The Labute approximate surface area is 231 Å². The number of ether oxygens (including phenoxy) is 2. The monoisotopic (exact) mass is 630 g/mol. The molecular weight excluding hydrogens is 607 g/mol. The summed E-state index contributed by atoms with van der Waals surface area (Å²) in [4.78, 5) is 45.1. The van der Waals surface area contributed by atoms with Crippen molar-refractivity contribution in [2.45, 2.75) is 19.9 Å². The van der Waals surface area contributed by atoms with Gasteiger partial charge < -0.3 is 14.6 Å². The zero-order chi connectivity index (χ0) is 26.7. The van der Waals surface area contributed by atoms with Crippen LogP contribution in [-0.4, -0.2) is 41.0 Å². The maximum atomic E-state index is 13.4. The van der Waals surface area contributed by atoms with Gasteiger partial charge >= 0.3 is 11.9 Å². The second-order valence-corrected chi connectivity index (χ2v) is 10.2. The van der Waals surface area contributed by atoms with Crippen LogP contribution in [0, 0.1) is 10.5 Å². The molecular formula is C27H23IN2O6S. The quantitative estimate of drug-likeness (QED) is 0.0885. The molecule has 1 saturated heterocycles. The molecule has 1 amide bonds. The van der Waals surface area contributed by atoms with Crippen LogP contribution < -0.4 is 9.64 Å². The Bertz CT molecular complexity index is 1410. The van der Waals surface area contributed by atoms with E-state index in [2.05, 4.69) is 34.2 Å². The number of esters is 1. The minimum absolute atomic E-state index is 0.0273. The number of carbonyl (C=O) groups excluding carboxylic acids is 3. The first-order chi connectivity index (χ1) is 17.8. The highest BCUT2D eigenvalue weighted by Crippen LogP contribution is 2.44. The van der Waals surface area contributed by atoms with E-state index in [1.54, 1.807) is 43.3 Å². The van der Waals surface area contributed by atoms with Crippen molar-refractivity contribution in [3.63, 3.8) is 0 Å². The zero-order valence-corrected chi connectivity index (χ0v) is 23.0. The molecule has 0 spiro atoms. The maximum Gasteiger partial charge on any atom is 0.350 e. The molecule has 10 heteroatoms. The van der Waals surface area contributed by atoms with E-state index < -0.39 is 23.7 Å². The van der Waals surface area contributed by atoms with Gasteiger partial charge in [0.2, 0.25) is 0 Å². The lowest BCUT2D eigenvalue weighted by Crippen LogP contribution is -2.29. The predicted molar refractivity (Wildman–Crippen MR) is 149 cm³/mol. The Kier molecular flexibility index (Phi) is 8.08. The number of aryl methyl sites for hydroxylation is 1. The Morgan fingerprint density at radius 3 is 2.65 bits per heavy atom. The van der Waals surface area contributed by atoms with Gasteiger partial charge in [0.25, 0.3) is 5.78 Å². The van der Waals surface area contributed by atoms with Crippen molar-refractivity contribution in [2.75, 3.05) is 18.1 Å². The van der Waals surface area contributed by atoms with Gasteiger partial charge in [-0.25, -0.2) is 9.78 Å². The number of hydrogen-bond donors (Lipinski definition) is 1. The Hall–Kier alpha value is -3.51. The largest absolute Gasteiger partial charge is 0.507 e. The van der Waals surface area contributed by atoms with E-state index >= 15 is 0 Å². The van der Waals surface area contributed by atoms with Crippen LogP contribution in [0.15, 0.2) is 66.8 Å². The summed E-state index contributed by atoms with van der Waals surface area (Å²) in [5, 5.41) is 11.5. The molecule has 1 atom stereocenters. The van der Waals surface area contributed by atoms with Gasteiger partial charge in [-0.1, -0.05) is 48.3 Å². The highest BCUT2D eigenvalue weighted by Gasteiger charge is 2.48. The van der Waals surface area contributed by atoms with Crippen molar-refractivity contribution in [3.8, 4) is 5.75 Å². The van der Waals surface area contributed by atoms with E-state index in [0.29, 0.717) is 29.2 Å². The summed E-state index contributed by atoms with van der Waals surface area (Å²) >= 11 is 3.11. The van der Waals surface area contributed by atoms with Crippen LogP contribution in [0.5, 0.6) is 5.75 Å². The van der Waals surface area contributed by atoms with Crippen molar-refractivity contribution >= 4 is 62.5 Å². The molecule has 0 bridgehead atoms. The van der Waals surface area contributed by atoms with Crippen LogP contribution in [0.2, 0.25) is 0 Å². The Balaban J connectivity index is 1.87. The first-order valence-corrected chi connectivity index (χ1v) is 13.2. The molecule has 190 valence electrons. The molecule has 3 aromatic rings. The summed E-state index contributed by atoms with van der Waals surface area (Å²) in [7, 11) is 0. The Morgan fingerprint density at radius 2 is 1.97 bits per heavy atom. The fourth-order valence-corrected chi connectivity index (χ4v) is 5.27. The zero-order valence-electron chi connectivity index (χ0n) is 20.1. The van der Waals surface area contributed by atoms with Crippen LogP contribution in [0.25, 0.3) is 5.76 Å². The van der Waals surface area contributed by atoms with Gasteiger partial charge in [-0.2, -0.15) is 0 Å². The lowest BCUT2D eigenvalue weighted by molar-refractivity contribution is -0.132. The third kappa shape index (κ3) is 5.30. The second kappa shape index (κ2) is 11.3. The van der Waals surface area contributed by atoms with Gasteiger partial charge in [0.15, 0.2) is 5.13 Å². The van der Waals surface area contributed by atoms with E-state index in [1.807, 2.05) is 19.1 Å². The standard InChI is InChI=1S/C27H23IN2O6S/c1-4-13-36-26(34)24-15(3)29-27(37-24)30-21(16-9-11-18(28)12-10-16)20(23(32)25(30)33)22(31)17-7-6-8-19(14-17)35-5-2/h4,6-12,14,21,31H,1,5,13H2,2-3H3. The molecule has 1 fully saturated rings. The van der Waals surface area contributed by atoms with Crippen LogP contribution in [0.4, 0.5) is 5.13 Å². The summed E-state index contributed by atoms with van der Waals surface area (Å²) in [6, 6.07) is 13.0. The van der Waals surface area contributed by atoms with Crippen molar-refractivity contribution in [3.05, 3.63) is 92.0 Å². The first kappa shape index (κ1) is 26.6. The normalized spacial score (nSPS) is 16.6. The van der Waals surface area contributed by atoms with Crippen LogP contribution in [0.3, 0.4) is 0 Å². The Morgan fingerprint density at radius 1 is 1.24 bits per heavy atom. The van der Waals surface area contributed by atoms with Gasteiger partial charge in [0.05, 0.1) is 23.9 Å². The van der Waals surface area contributed by atoms with Gasteiger partial charge in [-0.15, -0.1) is 0 Å². The molecule has 0 saturated carbocycles. The molecule has 2 aromatic carbocycles. The number of amides is 1. The number of Topliss-reactive ketones (excluding diaryl/α,β-unsaturated/α-hetero) is 1. The fourth-order valence-electron chi connectivity index (χ4n) is 3.92. The van der Waals surface area contributed by atoms with Crippen LogP contribution in [0.1, 0.15) is 39.5 Å². The molecule has 0 aliphatic carbocycles. The molecule has 4 rings (SSSR count). The average Bonchev–Trinajstić information content (AvgIpc) is 3.39. The molecule has 1 aromatic heterocycles. The SMILES string of the molecule is C=CCOC(=O)c1sc(N2C(=O)C(=O)C(=C(O)c3cccc(OCC)c3)C2c2ccc(I)cc2)nc1C. The topological polar surface area (TPSA) is 106 Å². The van der Waals surface area contributed by atoms with Crippen LogP contribution in [-0.2, 0) is 14.3 Å². The van der Waals surface area contributed by atoms with Crippen molar-refractivity contribution in [2.24, 2.45) is 0 Å². The number of hydrogen-bond acceptors (Lipinski definition) is 8. The minimum Gasteiger partial charge on any atom is -0.507 e. The lowest BCUT2D eigenvalue weighted by Gasteiger charge is -2.23. The van der Waals surface area contributed by atoms with Crippen LogP contribution >= 0.6 is 33.9 Å². The highest BCUT2D eigenvalue weighted by atomic mass is 127. The molecule has 8 nitrogen and oxygen atoms in total. The number of halogens is 1. The third-order valence-corrected chi connectivity index (χ3v) is 7.41. The van der Waals surface area contributed by atoms with Crippen molar-refractivity contribution < 1.29 is 29.0 Å². The summed E-state index contributed by atoms with van der Waals surface area (Å²) in [6.07, 6.45) is 1.45. The molecule has 1 unspecified atom stereocenters. The van der Waals surface area contributed by atoms with Crippen molar-refractivity contribution in [1.82, 2.24) is 4.98 Å². The number of aliphatic hydroxyl groups is 1. The molecule has 1 aliphatic heterocycles. The minimum atomic E-state index is -0.963. The summed E-state index contributed by atoms with van der Waals surface area (Å²) in [6.45, 7) is 7.45. The van der Waals surface area contributed by atoms with E-state index in [4.69, 9.17) is 9.47 Å². The first-order valence-electron chi connectivity index (χ1n) is 11.3. The molecule has 2 heterocycles. The summed E-state index contributed by atoms with van der Waals surface area (Å²) < 4.78 is 11.6. The smallest absolute Gasteiger partial charge is 0.350 e. The lowest BCUT2D eigenvalue weighted by atomic mass is 9.95. The number of thiazole rings is 1. The average molecular weight is 630 g/mol. The molecule has 1 N–H and O–H groups in total. The van der Waals surface area contributed by atoms with E-state index in [0.717, 1.165) is 14.9 Å². The maximum absolute atomic E-state index is 13.4. The van der Waals surface area contributed by atoms with Gasteiger partial charge in [-0.3, -0.25) is 14.5 Å². The molecule has 37 heavy (non-hydrogen) atoms. The van der Waals surface area contributed by atoms with Gasteiger partial charge in [0, 0.05) is 9.13 Å². The van der Waals surface area contributed by atoms with E-state index in [-0.39, 0.29) is 27.9 Å². The predicted octanol–water partition coefficient (Wildman–Crippen LogP) is 5.42. The number of aromatic nitrogens is 1. The van der Waals surface area contributed by atoms with Gasteiger partial charge in [-0.05, 0) is 66.3 Å². The highest BCUT2D eigenvalue weighted by molar-refractivity contribution is 14.1. The number of aliphatic hydroxyl groups excluding tert-OH is 1. The number of anilines is 1. The van der Waals surface area contributed by atoms with E-state index in [9.17, 15) is 19.5 Å². The number of carbonyl (C=O) groups is 3. The number of rotatable bonds is 8.